The van der Waals surface area contributed by atoms with E-state index in [4.69, 9.17) is 10.3 Å². The van der Waals surface area contributed by atoms with Gasteiger partial charge in [-0.15, -0.1) is 0 Å². The molecule has 0 amide bonds. The van der Waals surface area contributed by atoms with Gasteiger partial charge in [-0.2, -0.15) is 0 Å². The summed E-state index contributed by atoms with van der Waals surface area (Å²) in [5, 5.41) is 29.9. The molecule has 1 rings (SSSR count). The highest BCUT2D eigenvalue weighted by Gasteiger charge is 2.16. The highest BCUT2D eigenvalue weighted by atomic mass is 35.5. The van der Waals surface area contributed by atoms with Gasteiger partial charge in [0.15, 0.2) is 11.9 Å². The van der Waals surface area contributed by atoms with Crippen LogP contribution in [0.15, 0.2) is 11.4 Å². The van der Waals surface area contributed by atoms with E-state index >= 15 is 0 Å². The molecule has 0 saturated carbocycles. The molecule has 0 fully saturated rings. The van der Waals surface area contributed by atoms with Crippen LogP contribution in [-0.4, -0.2) is 27.1 Å². The van der Waals surface area contributed by atoms with Crippen LogP contribution in [-0.2, 0) is 13.7 Å². The number of aryl methyl sites for hydroxylation is 1. The normalized spacial score (nSPS) is 9.69. The highest BCUT2D eigenvalue weighted by molar-refractivity contribution is 5.84. The van der Waals surface area contributed by atoms with Crippen LogP contribution in [0.25, 0.3) is 0 Å². The van der Waals surface area contributed by atoms with Crippen molar-refractivity contribution in [2.45, 2.75) is 13.5 Å². The molecule has 1 heterocycles. The van der Waals surface area contributed by atoms with E-state index in [1.165, 1.54) is 0 Å². The third-order valence-corrected chi connectivity index (χ3v) is 2.18. The van der Waals surface area contributed by atoms with E-state index in [1.807, 2.05) is 0 Å². The van der Waals surface area contributed by atoms with Gasteiger partial charge in [-0.05, 0) is 0 Å². The van der Waals surface area contributed by atoms with E-state index in [1.54, 1.807) is 24.7 Å². The topological polar surface area (TPSA) is 108 Å². The van der Waals surface area contributed by atoms with E-state index < -0.39 is 0 Å². The summed E-state index contributed by atoms with van der Waals surface area (Å²) < 4.78 is 1.69. The Kier molecular flexibility index (Phi) is 7.45. The monoisotopic (exact) mass is 250 g/mol. The molecule has 7 heteroatoms. The molecule has 0 unspecified atom stereocenters. The average molecular weight is 251 g/mol. The van der Waals surface area contributed by atoms with E-state index in [9.17, 15) is 5.11 Å². The molecular formula is C9H15ClN2O4. The van der Waals surface area contributed by atoms with Crippen molar-refractivity contribution in [1.29, 1.82) is 0 Å². The van der Waals surface area contributed by atoms with Crippen LogP contribution >= 0.6 is 0 Å². The summed E-state index contributed by atoms with van der Waals surface area (Å²) in [6.45, 7) is 1.51. The predicted octanol–water partition coefficient (Wildman–Crippen LogP) is -4.00. The number of aromatic hydroxyl groups is 1. The maximum absolute atomic E-state index is 9.69. The molecule has 0 aliphatic carbocycles. The Balaban J connectivity index is 0. The van der Waals surface area contributed by atoms with Crippen LogP contribution in [0.2, 0.25) is 0 Å². The summed E-state index contributed by atoms with van der Waals surface area (Å²) in [7, 11) is 1.76. The molecule has 0 saturated heterocycles. The first-order valence-electron chi connectivity index (χ1n) is 4.11. The summed E-state index contributed by atoms with van der Waals surface area (Å²) in [6.07, 6.45) is 2.78. The fourth-order valence-corrected chi connectivity index (χ4v) is 1.24. The summed E-state index contributed by atoms with van der Waals surface area (Å²) >= 11 is 0. The first-order valence-corrected chi connectivity index (χ1v) is 4.11. The summed E-state index contributed by atoms with van der Waals surface area (Å²) in [5.74, 6) is 0.0110. The van der Waals surface area contributed by atoms with Gasteiger partial charge >= 0.3 is 0 Å². The Labute approximate surface area is 99.2 Å². The maximum atomic E-state index is 9.69. The number of halogens is 1. The number of rotatable bonds is 2. The number of aromatic nitrogens is 1. The summed E-state index contributed by atoms with van der Waals surface area (Å²) in [4.78, 5) is 0. The minimum absolute atomic E-state index is 0. The molecule has 0 aliphatic heterocycles. The summed E-state index contributed by atoms with van der Waals surface area (Å²) in [5.41, 5.74) is 1.48. The van der Waals surface area contributed by atoms with Crippen LogP contribution in [0.4, 0.5) is 0 Å². The van der Waals surface area contributed by atoms with Crippen molar-refractivity contribution in [3.63, 3.8) is 0 Å². The molecule has 0 aliphatic rings. The van der Waals surface area contributed by atoms with Crippen molar-refractivity contribution in [2.24, 2.45) is 12.2 Å². The minimum atomic E-state index is -0.219. The van der Waals surface area contributed by atoms with Crippen LogP contribution < -0.4 is 17.0 Å². The Morgan fingerprint density at radius 3 is 2.50 bits per heavy atom. The third-order valence-electron chi connectivity index (χ3n) is 2.18. The fraction of sp³-hybridized carbons (Fsp3) is 0.333. The lowest BCUT2D eigenvalue weighted by molar-refractivity contribution is -0.678. The quantitative estimate of drug-likeness (QED) is 0.215. The number of hydrogen-bond donors (Lipinski definition) is 3. The lowest BCUT2D eigenvalue weighted by atomic mass is 10.1. The van der Waals surface area contributed by atoms with Gasteiger partial charge in [0.1, 0.15) is 7.05 Å². The molecule has 1 aromatic heterocycles. The fourth-order valence-electron chi connectivity index (χ4n) is 1.24. The van der Waals surface area contributed by atoms with Crippen molar-refractivity contribution >= 4 is 6.21 Å². The van der Waals surface area contributed by atoms with E-state index in [0.717, 1.165) is 6.21 Å². The highest BCUT2D eigenvalue weighted by Crippen LogP contribution is 2.20. The van der Waals surface area contributed by atoms with Gasteiger partial charge in [-0.3, -0.25) is 0 Å². The lowest BCUT2D eigenvalue weighted by Gasteiger charge is -2.05. The Hall–Kier alpha value is -1.37. The SMILES string of the molecule is Cc1c(O)c(C=NO)c(CO)c[n+]1C.O.[Cl-]. The maximum Gasteiger partial charge on any atom is 0.220 e. The first kappa shape index (κ1) is 17.0. The number of aliphatic hydroxyl groups excluding tert-OH is 1. The molecule has 5 N–H and O–H groups in total. The van der Waals surface area contributed by atoms with Crippen LogP contribution in [0.5, 0.6) is 5.75 Å². The average Bonchev–Trinajstić information content (AvgIpc) is 2.19. The largest absolute Gasteiger partial charge is 1.00 e. The molecular weight excluding hydrogens is 236 g/mol. The molecule has 1 aromatic rings. The molecule has 6 nitrogen and oxygen atoms in total. The van der Waals surface area contributed by atoms with Crippen molar-refractivity contribution in [3.05, 3.63) is 23.0 Å². The standard InChI is InChI=1S/C9H12N2O3.ClH.H2O/c1-6-9(13)8(3-10-14)7(5-12)4-11(6)2;;/h3-4,12-13H,5H2,1-2H3;1H;1H2. The van der Waals surface area contributed by atoms with Crippen LogP contribution in [0.1, 0.15) is 16.8 Å². The van der Waals surface area contributed by atoms with Crippen molar-refractivity contribution in [3.8, 4) is 5.75 Å². The van der Waals surface area contributed by atoms with Crippen LogP contribution in [0.3, 0.4) is 0 Å². The number of pyridine rings is 1. The second-order valence-electron chi connectivity index (χ2n) is 3.02. The predicted molar refractivity (Wildman–Crippen MR) is 52.9 cm³/mol. The van der Waals surface area contributed by atoms with Gasteiger partial charge in [0, 0.05) is 6.92 Å². The van der Waals surface area contributed by atoms with Gasteiger partial charge < -0.3 is 33.3 Å². The number of nitrogens with zero attached hydrogens (tertiary/aromatic N) is 2. The lowest BCUT2D eigenvalue weighted by Crippen LogP contribution is -3.00. The molecule has 0 spiro atoms. The minimum Gasteiger partial charge on any atom is -1.00 e. The first-order chi connectivity index (χ1) is 6.61. The van der Waals surface area contributed by atoms with Gasteiger partial charge in [0.25, 0.3) is 0 Å². The zero-order valence-corrected chi connectivity index (χ0v) is 9.73. The second-order valence-corrected chi connectivity index (χ2v) is 3.02. The van der Waals surface area contributed by atoms with Gasteiger partial charge in [0.05, 0.1) is 23.9 Å². The van der Waals surface area contributed by atoms with Crippen molar-refractivity contribution in [1.82, 2.24) is 0 Å². The number of hydrogen-bond acceptors (Lipinski definition) is 4. The molecule has 16 heavy (non-hydrogen) atoms. The number of oxime groups is 1. The molecule has 92 valence electrons. The molecule has 0 aromatic carbocycles. The molecule has 0 atom stereocenters. The second kappa shape index (κ2) is 7.00. The van der Waals surface area contributed by atoms with E-state index in [-0.39, 0.29) is 30.2 Å². The van der Waals surface area contributed by atoms with Gasteiger partial charge in [-0.1, -0.05) is 5.16 Å². The zero-order chi connectivity index (χ0) is 10.7. The van der Waals surface area contributed by atoms with E-state index in [2.05, 4.69) is 5.16 Å². The molecule has 0 bridgehead atoms. The summed E-state index contributed by atoms with van der Waals surface area (Å²) in [6, 6.07) is 0. The molecule has 0 radical (unpaired) electrons. The Morgan fingerprint density at radius 2 is 2.06 bits per heavy atom. The van der Waals surface area contributed by atoms with Crippen molar-refractivity contribution < 1.29 is 37.9 Å². The van der Waals surface area contributed by atoms with E-state index in [0.29, 0.717) is 16.8 Å². The Bertz CT molecular complexity index is 382. The van der Waals surface area contributed by atoms with Gasteiger partial charge in [0.2, 0.25) is 5.69 Å². The van der Waals surface area contributed by atoms with Crippen molar-refractivity contribution in [2.75, 3.05) is 0 Å². The van der Waals surface area contributed by atoms with Gasteiger partial charge in [-0.25, -0.2) is 4.57 Å². The van der Waals surface area contributed by atoms with Crippen LogP contribution in [0, 0.1) is 6.92 Å². The number of aliphatic hydroxyl groups is 1. The smallest absolute Gasteiger partial charge is 0.220 e. The third kappa shape index (κ3) is 3.06. The zero-order valence-electron chi connectivity index (χ0n) is 8.98. The Morgan fingerprint density at radius 1 is 1.50 bits per heavy atom.